The van der Waals surface area contributed by atoms with Crippen molar-refractivity contribution in [3.8, 4) is 0 Å². The number of amides is 4. The number of aryl methyl sites for hydroxylation is 1. The van der Waals surface area contributed by atoms with Crippen molar-refractivity contribution in [3.05, 3.63) is 95.1 Å². The van der Waals surface area contributed by atoms with E-state index in [2.05, 4.69) is 10.6 Å². The molecule has 0 spiro atoms. The number of para-hydroxylation sites is 1. The highest BCUT2D eigenvalue weighted by molar-refractivity contribution is 6.22. The maximum Gasteiger partial charge on any atom is 0.262 e. The number of hydrogen-bond donors (Lipinski definition) is 2. The number of rotatable bonds is 5. The maximum absolute atomic E-state index is 12.7. The molecule has 0 radical (unpaired) electrons. The molecule has 7 heteroatoms. The lowest BCUT2D eigenvalue weighted by Gasteiger charge is -2.15. The number of fused-ring (bicyclic) bond motifs is 1. The Morgan fingerprint density at radius 2 is 1.45 bits per heavy atom. The molecule has 3 aromatic rings. The van der Waals surface area contributed by atoms with Gasteiger partial charge >= 0.3 is 0 Å². The average Bonchev–Trinajstić information content (AvgIpc) is 2.99. The van der Waals surface area contributed by atoms with Gasteiger partial charge in [-0.05, 0) is 48.9 Å². The molecule has 4 rings (SSSR count). The largest absolute Gasteiger partial charge is 0.324 e. The first-order valence-electron chi connectivity index (χ1n) is 9.66. The van der Waals surface area contributed by atoms with Crippen molar-refractivity contribution in [2.24, 2.45) is 0 Å². The molecule has 4 amide bonds. The van der Waals surface area contributed by atoms with E-state index in [0.717, 1.165) is 10.5 Å². The van der Waals surface area contributed by atoms with Gasteiger partial charge in [-0.15, -0.1) is 0 Å². The van der Waals surface area contributed by atoms with Crippen LogP contribution in [-0.4, -0.2) is 35.1 Å². The zero-order chi connectivity index (χ0) is 22.0. The third kappa shape index (κ3) is 4.06. The molecule has 0 saturated heterocycles. The molecular formula is C24H19N3O4. The fourth-order valence-corrected chi connectivity index (χ4v) is 3.43. The maximum atomic E-state index is 12.7. The number of carbonyl (C=O) groups is 4. The molecule has 2 N–H and O–H groups in total. The van der Waals surface area contributed by atoms with Gasteiger partial charge in [0.15, 0.2) is 0 Å². The Morgan fingerprint density at radius 1 is 0.806 bits per heavy atom. The number of nitrogens with one attached hydrogen (secondary N) is 2. The van der Waals surface area contributed by atoms with Gasteiger partial charge in [0.2, 0.25) is 5.91 Å². The normalized spacial score (nSPS) is 12.5. The van der Waals surface area contributed by atoms with E-state index in [1.807, 2.05) is 25.1 Å². The van der Waals surface area contributed by atoms with E-state index in [4.69, 9.17) is 0 Å². The Morgan fingerprint density at radius 3 is 2.13 bits per heavy atom. The monoisotopic (exact) mass is 413 g/mol. The van der Waals surface area contributed by atoms with Gasteiger partial charge in [0.1, 0.15) is 6.54 Å². The molecule has 31 heavy (non-hydrogen) atoms. The summed E-state index contributed by atoms with van der Waals surface area (Å²) in [6.45, 7) is 1.48. The fourth-order valence-electron chi connectivity index (χ4n) is 3.43. The van der Waals surface area contributed by atoms with E-state index in [9.17, 15) is 19.2 Å². The minimum absolute atomic E-state index is 0.264. The molecule has 0 unspecified atom stereocenters. The molecule has 0 aliphatic carbocycles. The summed E-state index contributed by atoms with van der Waals surface area (Å²) in [6.07, 6.45) is 0. The van der Waals surface area contributed by atoms with Crippen LogP contribution >= 0.6 is 0 Å². The molecule has 3 aromatic carbocycles. The Balaban J connectivity index is 1.48. The van der Waals surface area contributed by atoms with Crippen molar-refractivity contribution in [2.45, 2.75) is 6.92 Å². The first-order chi connectivity index (χ1) is 14.9. The van der Waals surface area contributed by atoms with Crippen LogP contribution in [-0.2, 0) is 4.79 Å². The van der Waals surface area contributed by atoms with Crippen LogP contribution in [0.25, 0.3) is 0 Å². The standard InChI is InChI=1S/C24H19N3O4/c1-15-7-6-8-16(13-15)25-22(29)19-11-4-5-12-20(19)26-21(28)14-27-23(30)17-9-2-3-10-18(17)24(27)31/h2-13H,14H2,1H3,(H,25,29)(H,26,28). The molecule has 1 heterocycles. The minimum Gasteiger partial charge on any atom is -0.324 e. The summed E-state index contributed by atoms with van der Waals surface area (Å²) in [5, 5.41) is 5.44. The quantitative estimate of drug-likeness (QED) is 0.626. The summed E-state index contributed by atoms with van der Waals surface area (Å²) in [6, 6.07) is 20.3. The van der Waals surface area contributed by atoms with Crippen LogP contribution in [0.5, 0.6) is 0 Å². The highest BCUT2D eigenvalue weighted by atomic mass is 16.2. The van der Waals surface area contributed by atoms with Crippen LogP contribution in [0.2, 0.25) is 0 Å². The molecule has 0 bridgehead atoms. The number of benzene rings is 3. The highest BCUT2D eigenvalue weighted by Crippen LogP contribution is 2.23. The Labute approximate surface area is 178 Å². The minimum atomic E-state index is -0.578. The second-order valence-electron chi connectivity index (χ2n) is 7.16. The summed E-state index contributed by atoms with van der Waals surface area (Å²) < 4.78 is 0. The van der Waals surface area contributed by atoms with Crippen molar-refractivity contribution >= 4 is 35.0 Å². The molecule has 0 saturated carbocycles. The van der Waals surface area contributed by atoms with E-state index in [0.29, 0.717) is 5.69 Å². The number of hydrogen-bond acceptors (Lipinski definition) is 4. The van der Waals surface area contributed by atoms with E-state index in [1.54, 1.807) is 54.6 Å². The molecule has 154 valence electrons. The lowest BCUT2D eigenvalue weighted by atomic mass is 10.1. The Kier molecular flexibility index (Phi) is 5.32. The third-order valence-electron chi connectivity index (χ3n) is 4.90. The van der Waals surface area contributed by atoms with Crippen LogP contribution < -0.4 is 10.6 Å². The van der Waals surface area contributed by atoms with Crippen LogP contribution in [0.15, 0.2) is 72.8 Å². The van der Waals surface area contributed by atoms with Crippen LogP contribution in [0.1, 0.15) is 36.6 Å². The highest BCUT2D eigenvalue weighted by Gasteiger charge is 2.36. The Hall–Kier alpha value is -4.26. The van der Waals surface area contributed by atoms with Gasteiger partial charge in [0.05, 0.1) is 22.4 Å². The van der Waals surface area contributed by atoms with E-state index >= 15 is 0 Å². The average molecular weight is 413 g/mol. The van der Waals surface area contributed by atoms with E-state index in [-0.39, 0.29) is 28.3 Å². The van der Waals surface area contributed by atoms with E-state index < -0.39 is 24.3 Å². The van der Waals surface area contributed by atoms with Gasteiger partial charge in [0.25, 0.3) is 17.7 Å². The van der Waals surface area contributed by atoms with Crippen molar-refractivity contribution in [1.82, 2.24) is 4.90 Å². The predicted molar refractivity (Wildman–Crippen MR) is 116 cm³/mol. The van der Waals surface area contributed by atoms with Crippen LogP contribution in [0, 0.1) is 6.92 Å². The number of imide groups is 1. The first-order valence-corrected chi connectivity index (χ1v) is 9.66. The van der Waals surface area contributed by atoms with Gasteiger partial charge < -0.3 is 10.6 Å². The molecule has 7 nitrogen and oxygen atoms in total. The SMILES string of the molecule is Cc1cccc(NC(=O)c2ccccc2NC(=O)CN2C(=O)c3ccccc3C2=O)c1. The second-order valence-corrected chi connectivity index (χ2v) is 7.16. The van der Waals surface area contributed by atoms with Gasteiger partial charge in [-0.1, -0.05) is 36.4 Å². The lowest BCUT2D eigenvalue weighted by molar-refractivity contribution is -0.116. The van der Waals surface area contributed by atoms with Gasteiger partial charge in [-0.2, -0.15) is 0 Å². The number of anilines is 2. The Bertz CT molecular complexity index is 1180. The molecule has 1 aliphatic rings. The van der Waals surface area contributed by atoms with Crippen molar-refractivity contribution in [2.75, 3.05) is 17.2 Å². The lowest BCUT2D eigenvalue weighted by Crippen LogP contribution is -2.37. The molecule has 1 aliphatic heterocycles. The third-order valence-corrected chi connectivity index (χ3v) is 4.90. The zero-order valence-corrected chi connectivity index (χ0v) is 16.7. The topological polar surface area (TPSA) is 95.6 Å². The van der Waals surface area contributed by atoms with E-state index in [1.165, 1.54) is 0 Å². The van der Waals surface area contributed by atoms with Crippen molar-refractivity contribution in [3.63, 3.8) is 0 Å². The van der Waals surface area contributed by atoms with Crippen molar-refractivity contribution < 1.29 is 19.2 Å². The smallest absolute Gasteiger partial charge is 0.262 e. The first kappa shape index (κ1) is 20.0. The molecule has 0 aromatic heterocycles. The molecule has 0 fully saturated rings. The second kappa shape index (κ2) is 8.23. The summed E-state index contributed by atoms with van der Waals surface area (Å²) in [4.78, 5) is 51.2. The van der Waals surface area contributed by atoms with Crippen LogP contribution in [0.3, 0.4) is 0 Å². The number of nitrogens with zero attached hydrogens (tertiary/aromatic N) is 1. The van der Waals surface area contributed by atoms with Gasteiger partial charge in [-0.25, -0.2) is 0 Å². The molecule has 0 atom stereocenters. The molecular weight excluding hydrogens is 394 g/mol. The summed E-state index contributed by atoms with van der Waals surface area (Å²) in [7, 11) is 0. The van der Waals surface area contributed by atoms with Crippen LogP contribution in [0.4, 0.5) is 11.4 Å². The predicted octanol–water partition coefficient (Wildman–Crippen LogP) is 3.48. The zero-order valence-electron chi connectivity index (χ0n) is 16.7. The fraction of sp³-hybridized carbons (Fsp3) is 0.0833. The summed E-state index contributed by atoms with van der Waals surface area (Å²) in [5.74, 6) is -1.99. The summed E-state index contributed by atoms with van der Waals surface area (Å²) >= 11 is 0. The van der Waals surface area contributed by atoms with Crippen molar-refractivity contribution in [1.29, 1.82) is 0 Å². The summed E-state index contributed by atoms with van der Waals surface area (Å²) in [5.41, 5.74) is 2.74. The van der Waals surface area contributed by atoms with Gasteiger partial charge in [0, 0.05) is 5.69 Å². The number of carbonyl (C=O) groups excluding carboxylic acids is 4. The van der Waals surface area contributed by atoms with Gasteiger partial charge in [-0.3, -0.25) is 24.1 Å².